The van der Waals surface area contributed by atoms with Crippen LogP contribution in [0.2, 0.25) is 5.02 Å². The number of amides is 1. The number of thioether (sulfide) groups is 1. The van der Waals surface area contributed by atoms with E-state index in [0.717, 1.165) is 17.8 Å². The van der Waals surface area contributed by atoms with E-state index in [4.69, 9.17) is 16.3 Å². The van der Waals surface area contributed by atoms with Crippen LogP contribution in [0.4, 0.5) is 0 Å². The number of methoxy groups -OCH3 is 1. The first-order valence-corrected chi connectivity index (χ1v) is 9.20. The minimum atomic E-state index is -0.0395. The Kier molecular flexibility index (Phi) is 7.97. The van der Waals surface area contributed by atoms with Crippen molar-refractivity contribution in [3.05, 3.63) is 41.9 Å². The van der Waals surface area contributed by atoms with E-state index in [2.05, 4.69) is 22.1 Å². The molecule has 134 valence electrons. The van der Waals surface area contributed by atoms with Crippen LogP contribution in [-0.4, -0.2) is 46.7 Å². The second-order valence-corrected chi connectivity index (χ2v) is 6.58. The number of nitrogens with one attached hydrogen (secondary N) is 1. The molecule has 2 rings (SSSR count). The number of rotatable bonds is 10. The molecule has 0 fully saturated rings. The number of aromatic nitrogens is 3. The van der Waals surface area contributed by atoms with Crippen LogP contribution in [0.15, 0.2) is 42.1 Å². The van der Waals surface area contributed by atoms with Crippen LogP contribution in [0.1, 0.15) is 6.42 Å². The minimum absolute atomic E-state index is 0.0395. The summed E-state index contributed by atoms with van der Waals surface area (Å²) in [6, 6.07) is 7.40. The predicted molar refractivity (Wildman–Crippen MR) is 101 cm³/mol. The number of hydrogen-bond acceptors (Lipinski definition) is 5. The Morgan fingerprint density at radius 3 is 2.84 bits per heavy atom. The minimum Gasteiger partial charge on any atom is -0.385 e. The third-order valence-electron chi connectivity index (χ3n) is 3.31. The van der Waals surface area contributed by atoms with Gasteiger partial charge in [-0.1, -0.05) is 29.4 Å². The number of allylic oxidation sites excluding steroid dienone is 1. The summed E-state index contributed by atoms with van der Waals surface area (Å²) in [4.78, 5) is 11.9. The normalized spacial score (nSPS) is 10.6. The van der Waals surface area contributed by atoms with Crippen molar-refractivity contribution in [1.82, 2.24) is 20.1 Å². The summed E-state index contributed by atoms with van der Waals surface area (Å²) in [6.07, 6.45) is 2.57. The van der Waals surface area contributed by atoms with Gasteiger partial charge in [-0.25, -0.2) is 0 Å². The van der Waals surface area contributed by atoms with Gasteiger partial charge in [0.25, 0.3) is 0 Å². The number of halogens is 1. The molecule has 1 N–H and O–H groups in total. The van der Waals surface area contributed by atoms with E-state index < -0.39 is 0 Å². The highest BCUT2D eigenvalue weighted by Crippen LogP contribution is 2.25. The molecule has 0 saturated heterocycles. The molecule has 1 heterocycles. The van der Waals surface area contributed by atoms with E-state index in [1.54, 1.807) is 13.2 Å². The lowest BCUT2D eigenvalue weighted by molar-refractivity contribution is -0.118. The Hall–Kier alpha value is -1.83. The maximum absolute atomic E-state index is 11.9. The van der Waals surface area contributed by atoms with E-state index in [1.807, 2.05) is 28.8 Å². The van der Waals surface area contributed by atoms with Crippen LogP contribution in [0.3, 0.4) is 0 Å². The molecule has 1 aromatic heterocycles. The molecule has 1 amide bonds. The largest absolute Gasteiger partial charge is 0.385 e. The molecule has 0 bridgehead atoms. The molecule has 0 aliphatic carbocycles. The van der Waals surface area contributed by atoms with Gasteiger partial charge in [-0.2, -0.15) is 0 Å². The van der Waals surface area contributed by atoms with Gasteiger partial charge in [0.15, 0.2) is 11.0 Å². The molecular formula is C17H21ClN4O2S. The quantitative estimate of drug-likeness (QED) is 0.390. The first-order valence-electron chi connectivity index (χ1n) is 7.84. The van der Waals surface area contributed by atoms with Crippen molar-refractivity contribution in [3.8, 4) is 11.4 Å². The molecule has 0 radical (unpaired) electrons. The first kappa shape index (κ1) is 19.5. The van der Waals surface area contributed by atoms with Gasteiger partial charge >= 0.3 is 0 Å². The lowest BCUT2D eigenvalue weighted by atomic mass is 10.2. The van der Waals surface area contributed by atoms with E-state index >= 15 is 0 Å². The van der Waals surface area contributed by atoms with Crippen LogP contribution >= 0.6 is 23.4 Å². The van der Waals surface area contributed by atoms with Gasteiger partial charge in [-0.15, -0.1) is 16.8 Å². The van der Waals surface area contributed by atoms with Gasteiger partial charge in [0.2, 0.25) is 5.91 Å². The number of carbonyl (C=O) groups excluding carboxylic acids is 1. The molecule has 0 aliphatic heterocycles. The molecule has 2 aromatic rings. The van der Waals surface area contributed by atoms with Gasteiger partial charge in [0, 0.05) is 37.4 Å². The highest BCUT2D eigenvalue weighted by atomic mass is 35.5. The summed E-state index contributed by atoms with van der Waals surface area (Å²) in [7, 11) is 1.64. The average molecular weight is 381 g/mol. The SMILES string of the molecule is C=CCn1c(SCC(=O)NCCCOC)nnc1-c1ccc(Cl)cc1. The summed E-state index contributed by atoms with van der Waals surface area (Å²) >= 11 is 7.29. The second-order valence-electron chi connectivity index (χ2n) is 5.20. The Bertz CT molecular complexity index is 703. The van der Waals surface area contributed by atoms with Crippen molar-refractivity contribution in [2.45, 2.75) is 18.1 Å². The van der Waals surface area contributed by atoms with Crippen molar-refractivity contribution in [3.63, 3.8) is 0 Å². The molecular weight excluding hydrogens is 360 g/mol. The third kappa shape index (κ3) is 5.88. The van der Waals surface area contributed by atoms with Crippen molar-refractivity contribution in [2.75, 3.05) is 26.0 Å². The van der Waals surface area contributed by atoms with Gasteiger partial charge in [0.05, 0.1) is 5.75 Å². The van der Waals surface area contributed by atoms with Gasteiger partial charge in [-0.05, 0) is 30.7 Å². The zero-order valence-electron chi connectivity index (χ0n) is 14.1. The smallest absolute Gasteiger partial charge is 0.230 e. The Morgan fingerprint density at radius 2 is 2.16 bits per heavy atom. The third-order valence-corrected chi connectivity index (χ3v) is 4.53. The fourth-order valence-corrected chi connectivity index (χ4v) is 3.03. The van der Waals surface area contributed by atoms with Crippen molar-refractivity contribution >= 4 is 29.3 Å². The van der Waals surface area contributed by atoms with Gasteiger partial charge in [-0.3, -0.25) is 9.36 Å². The highest BCUT2D eigenvalue weighted by molar-refractivity contribution is 7.99. The van der Waals surface area contributed by atoms with E-state index in [0.29, 0.717) is 29.9 Å². The fraction of sp³-hybridized carbons (Fsp3) is 0.353. The van der Waals surface area contributed by atoms with Gasteiger partial charge < -0.3 is 10.1 Å². The predicted octanol–water partition coefficient (Wildman–Crippen LogP) is 3.03. The molecule has 0 atom stereocenters. The molecule has 0 spiro atoms. The number of hydrogen-bond donors (Lipinski definition) is 1. The molecule has 0 aliphatic rings. The Labute approximate surface area is 156 Å². The van der Waals surface area contributed by atoms with Crippen LogP contribution in [0.25, 0.3) is 11.4 Å². The zero-order chi connectivity index (χ0) is 18.1. The lowest BCUT2D eigenvalue weighted by Crippen LogP contribution is -2.27. The monoisotopic (exact) mass is 380 g/mol. The van der Waals surface area contributed by atoms with E-state index in [-0.39, 0.29) is 11.7 Å². The van der Waals surface area contributed by atoms with E-state index in [9.17, 15) is 4.79 Å². The fourth-order valence-electron chi connectivity index (χ4n) is 2.13. The average Bonchev–Trinajstić information content (AvgIpc) is 3.01. The van der Waals surface area contributed by atoms with Crippen molar-refractivity contribution in [1.29, 1.82) is 0 Å². The summed E-state index contributed by atoms with van der Waals surface area (Å²) in [6.45, 7) is 5.57. The highest BCUT2D eigenvalue weighted by Gasteiger charge is 2.14. The molecule has 0 saturated carbocycles. The van der Waals surface area contributed by atoms with Crippen LogP contribution in [0, 0.1) is 0 Å². The summed E-state index contributed by atoms with van der Waals surface area (Å²) in [5.74, 6) is 0.963. The Morgan fingerprint density at radius 1 is 1.40 bits per heavy atom. The molecule has 6 nitrogen and oxygen atoms in total. The lowest BCUT2D eigenvalue weighted by Gasteiger charge is -2.08. The van der Waals surface area contributed by atoms with Crippen LogP contribution < -0.4 is 5.32 Å². The molecule has 8 heteroatoms. The number of nitrogens with zero attached hydrogens (tertiary/aromatic N) is 3. The topological polar surface area (TPSA) is 69.0 Å². The molecule has 1 aromatic carbocycles. The number of benzene rings is 1. The maximum Gasteiger partial charge on any atom is 0.230 e. The van der Waals surface area contributed by atoms with E-state index in [1.165, 1.54) is 11.8 Å². The van der Waals surface area contributed by atoms with Crippen LogP contribution in [-0.2, 0) is 16.1 Å². The van der Waals surface area contributed by atoms with Gasteiger partial charge in [0.1, 0.15) is 0 Å². The second kappa shape index (κ2) is 10.2. The zero-order valence-corrected chi connectivity index (χ0v) is 15.6. The maximum atomic E-state index is 11.9. The Balaban J connectivity index is 2.02. The number of ether oxygens (including phenoxy) is 1. The standard InChI is InChI=1S/C17H21ClN4O2S/c1-3-10-22-16(13-5-7-14(18)8-6-13)20-21-17(22)25-12-15(23)19-9-4-11-24-2/h3,5-8H,1,4,9-12H2,2H3,(H,19,23). The van der Waals surface area contributed by atoms with Crippen LogP contribution in [0.5, 0.6) is 0 Å². The summed E-state index contributed by atoms with van der Waals surface area (Å²) < 4.78 is 6.88. The summed E-state index contributed by atoms with van der Waals surface area (Å²) in [5, 5.41) is 12.7. The number of carbonyl (C=O) groups is 1. The van der Waals surface area contributed by atoms with Crippen molar-refractivity contribution in [2.24, 2.45) is 0 Å². The summed E-state index contributed by atoms with van der Waals surface area (Å²) in [5.41, 5.74) is 0.912. The van der Waals surface area contributed by atoms with Crippen molar-refractivity contribution < 1.29 is 9.53 Å². The molecule has 0 unspecified atom stereocenters. The first-order chi connectivity index (χ1) is 12.2. The molecule has 25 heavy (non-hydrogen) atoms.